The van der Waals surface area contributed by atoms with E-state index < -0.39 is 5.60 Å². The van der Waals surface area contributed by atoms with Crippen LogP contribution in [0.25, 0.3) is 0 Å². The van der Waals surface area contributed by atoms with E-state index >= 15 is 0 Å². The molecule has 0 spiro atoms. The Kier molecular flexibility index (Phi) is 2.62. The topological polar surface area (TPSA) is 38.3 Å². The highest BCUT2D eigenvalue weighted by atomic mass is 16.6. The number of hydrogen-bond donors (Lipinski definition) is 1. The molecule has 0 saturated heterocycles. The molecule has 16 heavy (non-hydrogen) atoms. The Labute approximate surface area is 95.8 Å². The minimum absolute atomic E-state index is 0.229. The fourth-order valence-corrected chi connectivity index (χ4v) is 1.87. The largest absolute Gasteiger partial charge is 0.456 e. The van der Waals surface area contributed by atoms with Crippen molar-refractivity contribution < 1.29 is 9.53 Å². The van der Waals surface area contributed by atoms with E-state index in [0.717, 1.165) is 24.2 Å². The number of rotatable bonds is 1. The smallest absolute Gasteiger partial charge is 0.339 e. The lowest BCUT2D eigenvalue weighted by atomic mass is 10.0. The molecule has 1 aromatic rings. The van der Waals surface area contributed by atoms with E-state index in [1.165, 1.54) is 0 Å². The van der Waals surface area contributed by atoms with Gasteiger partial charge in [-0.25, -0.2) is 4.79 Å². The zero-order valence-corrected chi connectivity index (χ0v) is 9.96. The minimum atomic E-state index is -0.439. The van der Waals surface area contributed by atoms with Gasteiger partial charge in [0.1, 0.15) is 5.60 Å². The molecule has 3 heteroatoms. The Bertz CT molecular complexity index is 418. The molecule has 1 heterocycles. The monoisotopic (exact) mass is 219 g/mol. The molecule has 0 radical (unpaired) electrons. The molecule has 0 atom stereocenters. The molecule has 3 nitrogen and oxygen atoms in total. The maximum Gasteiger partial charge on any atom is 0.339 e. The van der Waals surface area contributed by atoms with Crippen molar-refractivity contribution >= 4 is 11.7 Å². The van der Waals surface area contributed by atoms with Gasteiger partial charge < -0.3 is 10.1 Å². The maximum atomic E-state index is 12.0. The van der Waals surface area contributed by atoms with Gasteiger partial charge in [0.25, 0.3) is 0 Å². The summed E-state index contributed by atoms with van der Waals surface area (Å²) in [5, 5.41) is 3.25. The summed E-state index contributed by atoms with van der Waals surface area (Å²) in [5.41, 5.74) is 2.39. The predicted molar refractivity (Wildman–Crippen MR) is 63.8 cm³/mol. The summed E-state index contributed by atoms with van der Waals surface area (Å²) in [6, 6.07) is 5.71. The lowest BCUT2D eigenvalue weighted by Gasteiger charge is -2.20. The summed E-state index contributed by atoms with van der Waals surface area (Å²) in [6.45, 7) is 6.54. The van der Waals surface area contributed by atoms with Gasteiger partial charge in [-0.05, 0) is 44.9 Å². The van der Waals surface area contributed by atoms with Gasteiger partial charge in [-0.15, -0.1) is 0 Å². The third-order valence-electron chi connectivity index (χ3n) is 2.49. The second kappa shape index (κ2) is 3.81. The second-order valence-electron chi connectivity index (χ2n) is 5.01. The SMILES string of the molecule is CC(C)(C)OC(=O)c1cccc2c1CCN2. The van der Waals surface area contributed by atoms with Gasteiger partial charge in [-0.2, -0.15) is 0 Å². The van der Waals surface area contributed by atoms with E-state index in [0.29, 0.717) is 5.56 Å². The van der Waals surface area contributed by atoms with Crippen LogP contribution in [0.2, 0.25) is 0 Å². The Morgan fingerprint density at radius 3 is 2.81 bits per heavy atom. The third-order valence-corrected chi connectivity index (χ3v) is 2.49. The third kappa shape index (κ3) is 2.18. The number of nitrogens with one attached hydrogen (secondary N) is 1. The van der Waals surface area contributed by atoms with Gasteiger partial charge in [0.15, 0.2) is 0 Å². The first-order valence-corrected chi connectivity index (χ1v) is 5.56. The number of anilines is 1. The van der Waals surface area contributed by atoms with Crippen molar-refractivity contribution in [2.45, 2.75) is 32.8 Å². The number of benzene rings is 1. The fraction of sp³-hybridized carbons (Fsp3) is 0.462. The molecule has 86 valence electrons. The van der Waals surface area contributed by atoms with Crippen LogP contribution in [0.3, 0.4) is 0 Å². The average molecular weight is 219 g/mol. The summed E-state index contributed by atoms with van der Waals surface area (Å²) < 4.78 is 5.38. The summed E-state index contributed by atoms with van der Waals surface area (Å²) in [6.07, 6.45) is 0.894. The molecular weight excluding hydrogens is 202 g/mol. The highest BCUT2D eigenvalue weighted by Gasteiger charge is 2.23. The van der Waals surface area contributed by atoms with Gasteiger partial charge in [-0.3, -0.25) is 0 Å². The molecule has 0 fully saturated rings. The number of esters is 1. The first-order valence-electron chi connectivity index (χ1n) is 5.56. The zero-order valence-electron chi connectivity index (χ0n) is 9.96. The molecule has 1 N–H and O–H groups in total. The Balaban J connectivity index is 2.28. The highest BCUT2D eigenvalue weighted by molar-refractivity contribution is 5.93. The lowest BCUT2D eigenvalue weighted by Crippen LogP contribution is -2.24. The summed E-state index contributed by atoms with van der Waals surface area (Å²) >= 11 is 0. The normalized spacial score (nSPS) is 14.2. The van der Waals surface area contributed by atoms with Crippen molar-refractivity contribution in [3.05, 3.63) is 29.3 Å². The van der Waals surface area contributed by atoms with Crippen LogP contribution in [0.5, 0.6) is 0 Å². The summed E-state index contributed by atoms with van der Waals surface area (Å²) in [4.78, 5) is 12.0. The van der Waals surface area contributed by atoms with Crippen molar-refractivity contribution in [1.29, 1.82) is 0 Å². The number of carbonyl (C=O) groups is 1. The Morgan fingerprint density at radius 1 is 1.38 bits per heavy atom. The number of ether oxygens (including phenoxy) is 1. The van der Waals surface area contributed by atoms with E-state index in [1.807, 2.05) is 39.0 Å². The fourth-order valence-electron chi connectivity index (χ4n) is 1.87. The van der Waals surface area contributed by atoms with Gasteiger partial charge in [0.2, 0.25) is 0 Å². The first kappa shape index (κ1) is 11.0. The van der Waals surface area contributed by atoms with Gasteiger partial charge in [-0.1, -0.05) is 6.07 Å². The van der Waals surface area contributed by atoms with Gasteiger partial charge >= 0.3 is 5.97 Å². The van der Waals surface area contributed by atoms with E-state index in [2.05, 4.69) is 5.32 Å². The molecule has 0 saturated carbocycles. The first-order chi connectivity index (χ1) is 7.47. The zero-order chi connectivity index (χ0) is 11.8. The molecule has 0 aromatic heterocycles. The molecule has 1 aliphatic rings. The molecule has 1 aliphatic heterocycles. The van der Waals surface area contributed by atoms with Crippen LogP contribution >= 0.6 is 0 Å². The van der Waals surface area contributed by atoms with Crippen molar-refractivity contribution in [2.75, 3.05) is 11.9 Å². The number of fused-ring (bicyclic) bond motifs is 1. The quantitative estimate of drug-likeness (QED) is 0.738. The van der Waals surface area contributed by atoms with Crippen LogP contribution in [-0.2, 0) is 11.2 Å². The van der Waals surface area contributed by atoms with E-state index in [1.54, 1.807) is 0 Å². The van der Waals surface area contributed by atoms with Crippen molar-refractivity contribution in [1.82, 2.24) is 0 Å². The molecule has 0 unspecified atom stereocenters. The van der Waals surface area contributed by atoms with Crippen LogP contribution in [0.4, 0.5) is 5.69 Å². The van der Waals surface area contributed by atoms with Crippen LogP contribution in [0, 0.1) is 0 Å². The van der Waals surface area contributed by atoms with Crippen LogP contribution in [-0.4, -0.2) is 18.1 Å². The van der Waals surface area contributed by atoms with Crippen LogP contribution in [0.15, 0.2) is 18.2 Å². The van der Waals surface area contributed by atoms with Gasteiger partial charge in [0, 0.05) is 12.2 Å². The Morgan fingerprint density at radius 2 is 2.12 bits per heavy atom. The van der Waals surface area contributed by atoms with E-state index in [9.17, 15) is 4.79 Å². The number of hydrogen-bond acceptors (Lipinski definition) is 3. The van der Waals surface area contributed by atoms with Gasteiger partial charge in [0.05, 0.1) is 5.56 Å². The lowest BCUT2D eigenvalue weighted by molar-refractivity contribution is 0.00686. The molecular formula is C13H17NO2. The predicted octanol–water partition coefficient (Wildman–Crippen LogP) is 2.61. The molecule has 0 amide bonds. The molecule has 1 aromatic carbocycles. The summed E-state index contributed by atoms with van der Waals surface area (Å²) in [5.74, 6) is -0.229. The van der Waals surface area contributed by atoms with Crippen molar-refractivity contribution in [3.8, 4) is 0 Å². The highest BCUT2D eigenvalue weighted by Crippen LogP contribution is 2.26. The van der Waals surface area contributed by atoms with Crippen LogP contribution in [0.1, 0.15) is 36.7 Å². The van der Waals surface area contributed by atoms with Crippen molar-refractivity contribution in [2.24, 2.45) is 0 Å². The molecule has 2 rings (SSSR count). The number of carbonyl (C=O) groups excluding carboxylic acids is 1. The standard InChI is InChI=1S/C13H17NO2/c1-13(2,3)16-12(15)10-5-4-6-11-9(10)7-8-14-11/h4-6,14H,7-8H2,1-3H3. The average Bonchev–Trinajstić information content (AvgIpc) is 2.61. The summed E-state index contributed by atoms with van der Waals surface area (Å²) in [7, 11) is 0. The second-order valence-corrected chi connectivity index (χ2v) is 5.01. The minimum Gasteiger partial charge on any atom is -0.456 e. The molecule has 0 aliphatic carbocycles. The van der Waals surface area contributed by atoms with E-state index in [4.69, 9.17) is 4.74 Å². The van der Waals surface area contributed by atoms with Crippen molar-refractivity contribution in [3.63, 3.8) is 0 Å². The van der Waals surface area contributed by atoms with Crippen LogP contribution < -0.4 is 5.32 Å². The molecule has 0 bridgehead atoms. The van der Waals surface area contributed by atoms with E-state index in [-0.39, 0.29) is 5.97 Å². The maximum absolute atomic E-state index is 12.0. The Hall–Kier alpha value is -1.51.